The number of rotatable bonds is 8. The standard InChI is InChI=1S/C25H25ClN4O4S/c1-5-21-29-30-23(27)17(24(31)28-25(30)35-21)11-16-12-18(26)22(20(13-16)32-4)34-9-8-33-19-7-6-14(2)10-15(19)3/h6-7,10-13,27H,5,8-9H2,1-4H3/b17-11-,27-23?. The number of aryl methyl sites for hydroxylation is 2. The maximum absolute atomic E-state index is 12.6. The van der Waals surface area contributed by atoms with Crippen LogP contribution < -0.4 is 14.2 Å². The Morgan fingerprint density at radius 2 is 1.91 bits per heavy atom. The van der Waals surface area contributed by atoms with Gasteiger partial charge in [0.1, 0.15) is 24.0 Å². The van der Waals surface area contributed by atoms with Gasteiger partial charge in [0, 0.05) is 0 Å². The monoisotopic (exact) mass is 512 g/mol. The Kier molecular flexibility index (Phi) is 7.47. The maximum atomic E-state index is 12.6. The zero-order valence-electron chi connectivity index (χ0n) is 19.8. The number of benzene rings is 2. The van der Waals surface area contributed by atoms with Crippen molar-refractivity contribution < 1.29 is 19.0 Å². The topological polar surface area (TPSA) is 96.6 Å². The molecule has 0 fully saturated rings. The van der Waals surface area contributed by atoms with Gasteiger partial charge in [-0.25, -0.2) is 0 Å². The molecule has 4 rings (SSSR count). The number of nitrogens with one attached hydrogen (secondary N) is 1. The molecule has 2 aliphatic rings. The number of ether oxygens (including phenoxy) is 3. The number of hydrogen-bond donors (Lipinski definition) is 1. The van der Waals surface area contributed by atoms with E-state index in [1.54, 1.807) is 18.2 Å². The molecule has 2 aromatic rings. The van der Waals surface area contributed by atoms with Gasteiger partial charge in [0.2, 0.25) is 5.17 Å². The molecule has 0 bridgehead atoms. The van der Waals surface area contributed by atoms with E-state index in [1.807, 2.05) is 32.9 Å². The Balaban J connectivity index is 1.49. The molecule has 2 aromatic carbocycles. The molecule has 2 aliphatic heterocycles. The van der Waals surface area contributed by atoms with Crippen LogP contribution in [0.2, 0.25) is 5.02 Å². The van der Waals surface area contributed by atoms with Gasteiger partial charge in [0.25, 0.3) is 5.91 Å². The smallest absolute Gasteiger partial charge is 0.283 e. The van der Waals surface area contributed by atoms with Crippen molar-refractivity contribution in [1.82, 2.24) is 5.01 Å². The summed E-state index contributed by atoms with van der Waals surface area (Å²) in [7, 11) is 1.51. The van der Waals surface area contributed by atoms with Crippen LogP contribution in [0.5, 0.6) is 17.2 Å². The predicted molar refractivity (Wildman–Crippen MR) is 140 cm³/mol. The SMILES string of the molecule is CCC1=NN2C(=N)/C(=C/c3cc(Cl)c(OCCOc4ccc(C)cc4C)c(OC)c3)C(=O)N=C2S1. The first-order valence-electron chi connectivity index (χ1n) is 11.0. The summed E-state index contributed by atoms with van der Waals surface area (Å²) in [6.07, 6.45) is 2.25. The Morgan fingerprint density at radius 3 is 2.63 bits per heavy atom. The molecule has 182 valence electrons. The first-order chi connectivity index (χ1) is 16.8. The lowest BCUT2D eigenvalue weighted by molar-refractivity contribution is -0.114. The van der Waals surface area contributed by atoms with E-state index in [9.17, 15) is 4.79 Å². The number of hydrazone groups is 1. The Morgan fingerprint density at radius 1 is 1.14 bits per heavy atom. The molecular weight excluding hydrogens is 488 g/mol. The minimum Gasteiger partial charge on any atom is -0.493 e. The average molecular weight is 513 g/mol. The maximum Gasteiger partial charge on any atom is 0.283 e. The number of thioether (sulfide) groups is 1. The number of carbonyl (C=O) groups is 1. The number of hydrogen-bond acceptors (Lipinski definition) is 7. The lowest BCUT2D eigenvalue weighted by Gasteiger charge is -2.20. The lowest BCUT2D eigenvalue weighted by atomic mass is 10.1. The van der Waals surface area contributed by atoms with E-state index in [0.29, 0.717) is 40.3 Å². The molecule has 0 atom stereocenters. The quantitative estimate of drug-likeness (QED) is 0.373. The third-order valence-electron chi connectivity index (χ3n) is 5.28. The third kappa shape index (κ3) is 5.36. The molecule has 0 saturated carbocycles. The molecule has 1 amide bonds. The highest BCUT2D eigenvalue weighted by Crippen LogP contribution is 2.38. The van der Waals surface area contributed by atoms with E-state index in [0.717, 1.165) is 16.4 Å². The van der Waals surface area contributed by atoms with E-state index in [1.165, 1.54) is 29.4 Å². The van der Waals surface area contributed by atoms with Crippen molar-refractivity contribution >= 4 is 51.4 Å². The summed E-state index contributed by atoms with van der Waals surface area (Å²) in [5, 5.41) is 15.7. The summed E-state index contributed by atoms with van der Waals surface area (Å²) in [5.74, 6) is 1.04. The van der Waals surface area contributed by atoms with Gasteiger partial charge in [-0.1, -0.05) is 36.2 Å². The van der Waals surface area contributed by atoms with Crippen LogP contribution >= 0.6 is 23.4 Å². The first kappa shape index (κ1) is 24.8. The lowest BCUT2D eigenvalue weighted by Crippen LogP contribution is -2.35. The Labute approximate surface area is 213 Å². The van der Waals surface area contributed by atoms with Crippen LogP contribution in [-0.2, 0) is 4.79 Å². The van der Waals surface area contributed by atoms with Gasteiger partial charge in [-0.3, -0.25) is 10.2 Å². The zero-order chi connectivity index (χ0) is 25.1. The van der Waals surface area contributed by atoms with E-state index in [-0.39, 0.29) is 18.0 Å². The van der Waals surface area contributed by atoms with Gasteiger partial charge < -0.3 is 14.2 Å². The van der Waals surface area contributed by atoms with Gasteiger partial charge in [-0.2, -0.15) is 15.1 Å². The fourth-order valence-corrected chi connectivity index (χ4v) is 4.66. The molecule has 0 radical (unpaired) electrons. The second-order valence-corrected chi connectivity index (χ2v) is 9.32. The molecule has 10 heteroatoms. The van der Waals surface area contributed by atoms with Crippen LogP contribution in [0.3, 0.4) is 0 Å². The van der Waals surface area contributed by atoms with Crippen molar-refractivity contribution in [1.29, 1.82) is 5.41 Å². The van der Waals surface area contributed by atoms with Gasteiger partial charge >= 0.3 is 0 Å². The minimum absolute atomic E-state index is 0.0325. The number of amides is 1. The van der Waals surface area contributed by atoms with Gasteiger partial charge in [-0.15, -0.1) is 0 Å². The summed E-state index contributed by atoms with van der Waals surface area (Å²) >= 11 is 7.79. The number of carbonyl (C=O) groups excluding carboxylic acids is 1. The fraction of sp³-hybridized carbons (Fsp3) is 0.280. The van der Waals surface area contributed by atoms with Crippen LogP contribution in [0, 0.1) is 19.3 Å². The van der Waals surface area contributed by atoms with Crippen LogP contribution in [0.1, 0.15) is 30.0 Å². The largest absolute Gasteiger partial charge is 0.493 e. The van der Waals surface area contributed by atoms with Crippen molar-refractivity contribution in [2.24, 2.45) is 10.1 Å². The van der Waals surface area contributed by atoms with Gasteiger partial charge in [0.05, 0.1) is 17.7 Å². The molecule has 8 nitrogen and oxygen atoms in total. The van der Waals surface area contributed by atoms with E-state index < -0.39 is 5.91 Å². The second kappa shape index (κ2) is 10.5. The Hall–Kier alpha value is -3.30. The van der Waals surface area contributed by atoms with Crippen LogP contribution in [0.15, 0.2) is 46.0 Å². The van der Waals surface area contributed by atoms with Gasteiger partial charge in [0.15, 0.2) is 17.3 Å². The highest BCUT2D eigenvalue weighted by atomic mass is 35.5. The van der Waals surface area contributed by atoms with Crippen molar-refractivity contribution in [3.05, 3.63) is 57.6 Å². The number of halogens is 1. The normalized spacial score (nSPS) is 16.3. The van der Waals surface area contributed by atoms with Crippen molar-refractivity contribution in [3.63, 3.8) is 0 Å². The molecule has 0 spiro atoms. The summed E-state index contributed by atoms with van der Waals surface area (Å²) in [4.78, 5) is 16.7. The van der Waals surface area contributed by atoms with Crippen LogP contribution in [0.4, 0.5) is 0 Å². The Bertz CT molecular complexity index is 1290. The minimum atomic E-state index is -0.500. The highest BCUT2D eigenvalue weighted by molar-refractivity contribution is 8.26. The number of fused-ring (bicyclic) bond motifs is 1. The summed E-state index contributed by atoms with van der Waals surface area (Å²) in [6, 6.07) is 9.34. The van der Waals surface area contributed by atoms with Crippen LogP contribution in [-0.4, -0.2) is 47.3 Å². The molecule has 1 N–H and O–H groups in total. The van der Waals surface area contributed by atoms with E-state index >= 15 is 0 Å². The second-order valence-electron chi connectivity index (χ2n) is 7.87. The van der Waals surface area contributed by atoms with Crippen molar-refractivity contribution in [2.75, 3.05) is 20.3 Å². The predicted octanol–water partition coefficient (Wildman–Crippen LogP) is 5.45. The van der Waals surface area contributed by atoms with E-state index in [2.05, 4.69) is 16.2 Å². The van der Waals surface area contributed by atoms with E-state index in [4.69, 9.17) is 31.2 Å². The summed E-state index contributed by atoms with van der Waals surface area (Å²) in [5.41, 5.74) is 2.92. The van der Waals surface area contributed by atoms with Crippen LogP contribution in [0.25, 0.3) is 6.08 Å². The fourth-order valence-electron chi connectivity index (χ4n) is 3.56. The van der Waals surface area contributed by atoms with Gasteiger partial charge in [-0.05, 0) is 67.4 Å². The summed E-state index contributed by atoms with van der Waals surface area (Å²) < 4.78 is 17.1. The zero-order valence-corrected chi connectivity index (χ0v) is 21.4. The molecule has 0 aromatic heterocycles. The number of amidine groups is 2. The summed E-state index contributed by atoms with van der Waals surface area (Å²) in [6.45, 7) is 6.58. The number of methoxy groups -OCH3 is 1. The third-order valence-corrected chi connectivity index (χ3v) is 6.61. The first-order valence-corrected chi connectivity index (χ1v) is 12.2. The van der Waals surface area contributed by atoms with Crippen molar-refractivity contribution in [2.45, 2.75) is 27.2 Å². The average Bonchev–Trinajstić information content (AvgIpc) is 3.24. The molecule has 35 heavy (non-hydrogen) atoms. The molecule has 0 aliphatic carbocycles. The molecule has 0 saturated heterocycles. The highest BCUT2D eigenvalue weighted by Gasteiger charge is 2.35. The number of aliphatic imine (C=N–C) groups is 1. The molecular formula is C25H25ClN4O4S. The molecule has 2 heterocycles. The van der Waals surface area contributed by atoms with Crippen molar-refractivity contribution in [3.8, 4) is 17.2 Å². The molecule has 0 unspecified atom stereocenters. The number of nitrogens with zero attached hydrogens (tertiary/aromatic N) is 3.